The van der Waals surface area contributed by atoms with E-state index in [0.717, 1.165) is 0 Å². The van der Waals surface area contributed by atoms with E-state index in [-0.39, 0.29) is 5.91 Å². The number of carbonyl (C=O) groups excluding carboxylic acids is 1. The van der Waals surface area contributed by atoms with E-state index in [1.807, 2.05) is 13.8 Å². The molecule has 0 aromatic carbocycles. The number of hydrogen-bond acceptors (Lipinski definition) is 2. The first-order valence-electron chi connectivity index (χ1n) is 3.91. The summed E-state index contributed by atoms with van der Waals surface area (Å²) in [5.74, 6) is 5.57. The normalized spacial score (nSPS) is 10.0. The van der Waals surface area contributed by atoms with Gasteiger partial charge in [-0.15, -0.1) is 5.92 Å². The zero-order valence-electron chi connectivity index (χ0n) is 8.12. The van der Waals surface area contributed by atoms with Crippen LogP contribution in [0, 0.1) is 11.8 Å². The van der Waals surface area contributed by atoms with Crippen molar-refractivity contribution >= 4 is 5.91 Å². The van der Waals surface area contributed by atoms with Crippen molar-refractivity contribution in [1.82, 2.24) is 10.6 Å². The van der Waals surface area contributed by atoms with Gasteiger partial charge in [0.1, 0.15) is 0 Å². The Balaban J connectivity index is 4.00. The minimum absolute atomic E-state index is 0.0274. The quantitative estimate of drug-likeness (QED) is 0.588. The van der Waals surface area contributed by atoms with Crippen LogP contribution in [0.2, 0.25) is 0 Å². The molecule has 0 aromatic heterocycles. The molecule has 0 bridgehead atoms. The van der Waals surface area contributed by atoms with Crippen molar-refractivity contribution in [1.29, 1.82) is 0 Å². The zero-order valence-corrected chi connectivity index (χ0v) is 8.12. The van der Waals surface area contributed by atoms with Crippen molar-refractivity contribution in [2.45, 2.75) is 26.3 Å². The van der Waals surface area contributed by atoms with Gasteiger partial charge >= 0.3 is 0 Å². The molecule has 3 heteroatoms. The van der Waals surface area contributed by atoms with Gasteiger partial charge in [0.15, 0.2) is 0 Å². The van der Waals surface area contributed by atoms with Gasteiger partial charge in [-0.1, -0.05) is 5.92 Å². The number of amides is 1. The second-order valence-electron chi connectivity index (χ2n) is 2.98. The molecule has 0 aliphatic heterocycles. The van der Waals surface area contributed by atoms with Crippen molar-refractivity contribution < 1.29 is 4.79 Å². The van der Waals surface area contributed by atoms with Gasteiger partial charge in [0.25, 0.3) is 0 Å². The van der Waals surface area contributed by atoms with E-state index < -0.39 is 5.54 Å². The molecule has 0 saturated heterocycles. The van der Waals surface area contributed by atoms with Crippen LogP contribution in [0.3, 0.4) is 0 Å². The molecule has 0 aliphatic rings. The summed E-state index contributed by atoms with van der Waals surface area (Å²) >= 11 is 0. The smallest absolute Gasteiger partial charge is 0.239 e. The van der Waals surface area contributed by atoms with Gasteiger partial charge in [0, 0.05) is 7.05 Å². The lowest BCUT2D eigenvalue weighted by Crippen LogP contribution is -2.51. The maximum absolute atomic E-state index is 11.2. The average Bonchev–Trinajstić information content (AvgIpc) is 2.03. The predicted molar refractivity (Wildman–Crippen MR) is 49.6 cm³/mol. The van der Waals surface area contributed by atoms with Gasteiger partial charge in [0.2, 0.25) is 5.91 Å². The molecule has 0 radical (unpaired) electrons. The first-order chi connectivity index (χ1) is 5.54. The summed E-state index contributed by atoms with van der Waals surface area (Å²) in [7, 11) is 1.62. The van der Waals surface area contributed by atoms with E-state index in [9.17, 15) is 4.79 Å². The van der Waals surface area contributed by atoms with Gasteiger partial charge in [-0.05, 0) is 20.8 Å². The van der Waals surface area contributed by atoms with Crippen LogP contribution in [-0.2, 0) is 4.79 Å². The molecule has 0 aromatic rings. The third-order valence-electron chi connectivity index (χ3n) is 1.59. The number of hydrogen-bond donors (Lipinski definition) is 2. The Kier molecular flexibility index (Phi) is 4.38. The molecule has 12 heavy (non-hydrogen) atoms. The molecule has 0 unspecified atom stereocenters. The Hall–Kier alpha value is -1.01. The van der Waals surface area contributed by atoms with Crippen LogP contribution in [0.1, 0.15) is 20.8 Å². The summed E-state index contributed by atoms with van der Waals surface area (Å²) in [6, 6.07) is 0. The Bertz CT molecular complexity index is 210. The summed E-state index contributed by atoms with van der Waals surface area (Å²) in [4.78, 5) is 11.2. The average molecular weight is 168 g/mol. The van der Waals surface area contributed by atoms with Crippen molar-refractivity contribution in [3.63, 3.8) is 0 Å². The lowest BCUT2D eigenvalue weighted by molar-refractivity contribution is -0.125. The van der Waals surface area contributed by atoms with Crippen LogP contribution in [0.15, 0.2) is 0 Å². The second-order valence-corrected chi connectivity index (χ2v) is 2.98. The standard InChI is InChI=1S/C9H16N2O/c1-5-6-7-11-9(2,3)8(12)10-4/h11H,7H2,1-4H3,(H,10,12). The highest BCUT2D eigenvalue weighted by atomic mass is 16.2. The Morgan fingerprint density at radius 1 is 1.50 bits per heavy atom. The maximum atomic E-state index is 11.2. The molecular weight excluding hydrogens is 152 g/mol. The van der Waals surface area contributed by atoms with Crippen LogP contribution < -0.4 is 10.6 Å². The summed E-state index contributed by atoms with van der Waals surface area (Å²) in [6.07, 6.45) is 0. The van der Waals surface area contributed by atoms with Crippen molar-refractivity contribution in [3.05, 3.63) is 0 Å². The largest absolute Gasteiger partial charge is 0.358 e. The van der Waals surface area contributed by atoms with Crippen molar-refractivity contribution in [3.8, 4) is 11.8 Å². The van der Waals surface area contributed by atoms with E-state index in [0.29, 0.717) is 6.54 Å². The fourth-order valence-electron chi connectivity index (χ4n) is 0.746. The van der Waals surface area contributed by atoms with Gasteiger partial charge in [-0.3, -0.25) is 10.1 Å². The van der Waals surface area contributed by atoms with Crippen molar-refractivity contribution in [2.75, 3.05) is 13.6 Å². The van der Waals surface area contributed by atoms with E-state index in [1.165, 1.54) is 0 Å². The molecular formula is C9H16N2O. The first kappa shape index (κ1) is 11.0. The molecule has 2 N–H and O–H groups in total. The fraction of sp³-hybridized carbons (Fsp3) is 0.667. The Morgan fingerprint density at radius 3 is 2.50 bits per heavy atom. The second kappa shape index (κ2) is 4.78. The molecule has 68 valence electrons. The van der Waals surface area contributed by atoms with E-state index in [2.05, 4.69) is 22.5 Å². The molecule has 0 spiro atoms. The Labute approximate surface area is 73.9 Å². The predicted octanol–water partition coefficient (Wildman–Crippen LogP) is 0.124. The highest BCUT2D eigenvalue weighted by Crippen LogP contribution is 1.99. The summed E-state index contributed by atoms with van der Waals surface area (Å²) < 4.78 is 0. The number of rotatable bonds is 3. The van der Waals surface area contributed by atoms with Crippen molar-refractivity contribution in [2.24, 2.45) is 0 Å². The molecule has 0 aliphatic carbocycles. The third kappa shape index (κ3) is 3.40. The molecule has 0 saturated carbocycles. The van der Waals surface area contributed by atoms with Crippen LogP contribution in [0.5, 0.6) is 0 Å². The molecule has 0 heterocycles. The lowest BCUT2D eigenvalue weighted by atomic mass is 10.1. The first-order valence-corrected chi connectivity index (χ1v) is 3.91. The maximum Gasteiger partial charge on any atom is 0.239 e. The number of carbonyl (C=O) groups is 1. The third-order valence-corrected chi connectivity index (χ3v) is 1.59. The van der Waals surface area contributed by atoms with Gasteiger partial charge < -0.3 is 5.32 Å². The fourth-order valence-corrected chi connectivity index (χ4v) is 0.746. The molecule has 0 atom stereocenters. The monoisotopic (exact) mass is 168 g/mol. The van der Waals surface area contributed by atoms with E-state index >= 15 is 0 Å². The molecule has 1 amide bonds. The van der Waals surface area contributed by atoms with Gasteiger partial charge in [0.05, 0.1) is 12.1 Å². The summed E-state index contributed by atoms with van der Waals surface area (Å²) in [5.41, 5.74) is -0.543. The highest BCUT2D eigenvalue weighted by molar-refractivity contribution is 5.85. The summed E-state index contributed by atoms with van der Waals surface area (Å²) in [5, 5.41) is 5.61. The van der Waals surface area contributed by atoms with Gasteiger partial charge in [-0.25, -0.2) is 0 Å². The highest BCUT2D eigenvalue weighted by Gasteiger charge is 2.24. The topological polar surface area (TPSA) is 41.1 Å². The van der Waals surface area contributed by atoms with E-state index in [1.54, 1.807) is 14.0 Å². The lowest BCUT2D eigenvalue weighted by Gasteiger charge is -2.22. The SMILES string of the molecule is CC#CCNC(C)(C)C(=O)NC. The van der Waals surface area contributed by atoms with Crippen LogP contribution in [0.4, 0.5) is 0 Å². The summed E-state index contributed by atoms with van der Waals surface area (Å²) in [6.45, 7) is 5.96. The molecule has 3 nitrogen and oxygen atoms in total. The Morgan fingerprint density at radius 2 is 2.08 bits per heavy atom. The zero-order chi connectivity index (χ0) is 9.61. The van der Waals surface area contributed by atoms with Crippen LogP contribution >= 0.6 is 0 Å². The number of nitrogens with one attached hydrogen (secondary N) is 2. The molecule has 0 fully saturated rings. The number of likely N-dealkylation sites (N-methyl/N-ethyl adjacent to an activating group) is 1. The van der Waals surface area contributed by atoms with Crippen LogP contribution in [0.25, 0.3) is 0 Å². The minimum atomic E-state index is -0.543. The van der Waals surface area contributed by atoms with Crippen LogP contribution in [-0.4, -0.2) is 25.0 Å². The van der Waals surface area contributed by atoms with E-state index in [4.69, 9.17) is 0 Å². The molecule has 0 rings (SSSR count). The van der Waals surface area contributed by atoms with Gasteiger partial charge in [-0.2, -0.15) is 0 Å². The minimum Gasteiger partial charge on any atom is -0.358 e.